The highest BCUT2D eigenvalue weighted by molar-refractivity contribution is 5.83. The molecule has 34 heavy (non-hydrogen) atoms. The van der Waals surface area contributed by atoms with Crippen LogP contribution in [-0.4, -0.2) is 30.3 Å². The van der Waals surface area contributed by atoms with E-state index in [1.807, 2.05) is 17.0 Å². The topological polar surface area (TPSA) is 24.6 Å². The zero-order valence-corrected chi connectivity index (χ0v) is 19.4. The average molecular weight is 460 g/mol. The third-order valence-electron chi connectivity index (χ3n) is 7.80. The van der Waals surface area contributed by atoms with Crippen molar-refractivity contribution < 1.29 is 18.1 Å². The van der Waals surface area contributed by atoms with Crippen molar-refractivity contribution in [2.24, 2.45) is 16.8 Å². The molecule has 2 aliphatic carbocycles. The Morgan fingerprint density at radius 1 is 1.21 bits per heavy atom. The lowest BCUT2D eigenvalue weighted by Gasteiger charge is -2.28. The lowest BCUT2D eigenvalue weighted by molar-refractivity contribution is -0.380. The standard InChI is InChI=1S/C29H29F2N2O/c1-17(24(18-4-3-5-18)11-20-10-22(30)7-9-27(20)31)19-6-8-23(26-15-32-14-21-12-25(21)26)28(13-19)34-29-16-33(29)2/h6-10,13-15,17,21,25,29H,2-5,11-12,16H2,1H3/q+1. The van der Waals surface area contributed by atoms with Gasteiger partial charge in [-0.3, -0.25) is 4.99 Å². The molecule has 4 aliphatic rings. The highest BCUT2D eigenvalue weighted by atomic mass is 19.1. The fourth-order valence-corrected chi connectivity index (χ4v) is 5.24. The molecule has 0 aromatic heterocycles. The van der Waals surface area contributed by atoms with Crippen molar-refractivity contribution in [3.05, 3.63) is 82.1 Å². The first-order valence-corrected chi connectivity index (χ1v) is 12.2. The van der Waals surface area contributed by atoms with Gasteiger partial charge in [0.15, 0.2) is 0 Å². The lowest BCUT2D eigenvalue weighted by Crippen LogP contribution is -2.12. The molecule has 174 valence electrons. The largest absolute Gasteiger partial charge is 0.428 e. The van der Waals surface area contributed by atoms with Gasteiger partial charge in [0, 0.05) is 29.8 Å². The van der Waals surface area contributed by atoms with Gasteiger partial charge >= 0.3 is 6.23 Å². The van der Waals surface area contributed by atoms with E-state index in [-0.39, 0.29) is 18.0 Å². The molecule has 1 saturated heterocycles. The van der Waals surface area contributed by atoms with Gasteiger partial charge in [-0.1, -0.05) is 30.2 Å². The van der Waals surface area contributed by atoms with Crippen molar-refractivity contribution in [3.63, 3.8) is 0 Å². The Morgan fingerprint density at radius 3 is 2.76 bits per heavy atom. The zero-order chi connectivity index (χ0) is 23.4. The number of ether oxygens (including phenoxy) is 1. The molecule has 2 aliphatic heterocycles. The summed E-state index contributed by atoms with van der Waals surface area (Å²) in [6, 6.07) is 10.2. The van der Waals surface area contributed by atoms with E-state index in [0.717, 1.165) is 49.1 Å². The molecule has 2 saturated carbocycles. The minimum absolute atomic E-state index is 0.00200. The van der Waals surface area contributed by atoms with Gasteiger partial charge in [0.25, 0.3) is 0 Å². The van der Waals surface area contributed by atoms with Crippen molar-refractivity contribution in [2.45, 2.75) is 51.2 Å². The minimum Gasteiger partial charge on any atom is -0.428 e. The molecule has 3 fully saturated rings. The van der Waals surface area contributed by atoms with E-state index >= 15 is 0 Å². The first-order chi connectivity index (χ1) is 16.5. The van der Waals surface area contributed by atoms with Crippen LogP contribution in [0.15, 0.2) is 58.7 Å². The van der Waals surface area contributed by atoms with Crippen molar-refractivity contribution in [1.29, 1.82) is 0 Å². The molecule has 4 unspecified atom stereocenters. The maximum Gasteiger partial charge on any atom is 0.356 e. The summed E-state index contributed by atoms with van der Waals surface area (Å²) in [5.41, 5.74) is 6.48. The summed E-state index contributed by atoms with van der Waals surface area (Å²) >= 11 is 0. The van der Waals surface area contributed by atoms with Gasteiger partial charge in [-0.25, -0.2) is 8.78 Å². The number of allylic oxidation sites excluding steroid dienone is 3. The smallest absolute Gasteiger partial charge is 0.356 e. The van der Waals surface area contributed by atoms with Crippen molar-refractivity contribution in [3.8, 4) is 5.75 Å². The summed E-state index contributed by atoms with van der Waals surface area (Å²) < 4.78 is 36.6. The Hall–Kier alpha value is -3.08. The number of fused-ring (bicyclic) bond motifs is 1. The number of hydrogen-bond acceptors (Lipinski definition) is 2. The molecule has 3 nitrogen and oxygen atoms in total. The minimum atomic E-state index is -0.397. The fraction of sp³-hybridized carbons (Fsp3) is 0.379. The molecule has 0 spiro atoms. The summed E-state index contributed by atoms with van der Waals surface area (Å²) in [6.45, 7) is 6.96. The van der Waals surface area contributed by atoms with Gasteiger partial charge in [-0.15, -0.1) is 0 Å². The van der Waals surface area contributed by atoms with Crippen LogP contribution in [0.4, 0.5) is 8.78 Å². The lowest BCUT2D eigenvalue weighted by atomic mass is 9.78. The van der Waals surface area contributed by atoms with E-state index < -0.39 is 5.82 Å². The summed E-state index contributed by atoms with van der Waals surface area (Å²) in [7, 11) is 0. The van der Waals surface area contributed by atoms with E-state index in [2.05, 4.69) is 36.8 Å². The number of hydrogen-bond donors (Lipinski definition) is 0. The second-order valence-corrected chi connectivity index (χ2v) is 10.1. The van der Waals surface area contributed by atoms with E-state index in [1.165, 1.54) is 34.9 Å². The van der Waals surface area contributed by atoms with Crippen LogP contribution in [0.25, 0.3) is 5.57 Å². The maximum atomic E-state index is 14.5. The molecule has 6 rings (SSSR count). The third-order valence-corrected chi connectivity index (χ3v) is 7.80. The van der Waals surface area contributed by atoms with Gasteiger partial charge in [0.05, 0.1) is 0 Å². The Kier molecular flexibility index (Phi) is 5.23. The number of halogens is 2. The number of benzene rings is 2. The van der Waals surface area contributed by atoms with Crippen LogP contribution in [0.2, 0.25) is 0 Å². The molecule has 0 amide bonds. The maximum absolute atomic E-state index is 14.5. The Labute approximate surface area is 199 Å². The van der Waals surface area contributed by atoms with Gasteiger partial charge < -0.3 is 4.74 Å². The van der Waals surface area contributed by atoms with E-state index in [1.54, 1.807) is 0 Å². The summed E-state index contributed by atoms with van der Waals surface area (Å²) in [5.74, 6) is 1.28. The van der Waals surface area contributed by atoms with Crippen molar-refractivity contribution >= 4 is 18.5 Å². The molecule has 0 radical (unpaired) electrons. The zero-order valence-electron chi connectivity index (χ0n) is 19.4. The van der Waals surface area contributed by atoms with Gasteiger partial charge in [0.2, 0.25) is 6.54 Å². The monoisotopic (exact) mass is 459 g/mol. The SMILES string of the molecule is C=[N+]1CC1Oc1cc(C(C)C(Cc2cc(F)ccc2F)=C2CCC2)ccc1C1=CN=CC2CC12. The number of nitrogens with zero attached hydrogens (tertiary/aromatic N) is 2. The van der Waals surface area contributed by atoms with E-state index in [0.29, 0.717) is 23.8 Å². The van der Waals surface area contributed by atoms with Gasteiger partial charge in [0.1, 0.15) is 24.1 Å². The molecule has 2 aromatic rings. The van der Waals surface area contributed by atoms with Crippen molar-refractivity contribution in [2.75, 3.05) is 6.54 Å². The number of rotatable bonds is 7. The molecule has 5 heteroatoms. The third kappa shape index (κ3) is 4.02. The van der Waals surface area contributed by atoms with Gasteiger partial charge in [-0.05, 0) is 79.0 Å². The first-order valence-electron chi connectivity index (χ1n) is 12.2. The molecule has 4 atom stereocenters. The molecular weight excluding hydrogens is 430 g/mol. The summed E-state index contributed by atoms with van der Waals surface area (Å²) in [6.07, 6.45) is 8.81. The second-order valence-electron chi connectivity index (χ2n) is 10.1. The van der Waals surface area contributed by atoms with Crippen LogP contribution in [0.5, 0.6) is 5.75 Å². The van der Waals surface area contributed by atoms with Crippen LogP contribution >= 0.6 is 0 Å². The Bertz CT molecular complexity index is 1270. The van der Waals surface area contributed by atoms with Crippen molar-refractivity contribution in [1.82, 2.24) is 0 Å². The molecule has 0 N–H and O–H groups in total. The molecule has 2 heterocycles. The van der Waals surface area contributed by atoms with Crippen LogP contribution in [0, 0.1) is 23.5 Å². The van der Waals surface area contributed by atoms with E-state index in [9.17, 15) is 8.78 Å². The molecule has 0 bridgehead atoms. The summed E-state index contributed by atoms with van der Waals surface area (Å²) in [4.78, 5) is 4.46. The highest BCUT2D eigenvalue weighted by Crippen LogP contribution is 2.51. The predicted octanol–water partition coefficient (Wildman–Crippen LogP) is 6.28. The van der Waals surface area contributed by atoms with Crippen LogP contribution in [0.3, 0.4) is 0 Å². The van der Waals surface area contributed by atoms with Gasteiger partial charge in [-0.2, -0.15) is 4.58 Å². The van der Waals surface area contributed by atoms with Crippen LogP contribution in [-0.2, 0) is 6.42 Å². The number of aliphatic imine (C=N–C) groups is 1. The first kappa shape index (κ1) is 21.5. The predicted molar refractivity (Wildman–Crippen MR) is 131 cm³/mol. The molecular formula is C29H29F2N2O+. The Balaban J connectivity index is 1.35. The summed E-state index contributed by atoms with van der Waals surface area (Å²) in [5, 5.41) is 0. The second kappa shape index (κ2) is 8.30. The van der Waals surface area contributed by atoms with E-state index in [4.69, 9.17) is 4.74 Å². The molecule has 2 aromatic carbocycles. The Morgan fingerprint density at radius 2 is 2.03 bits per heavy atom. The fourth-order valence-electron chi connectivity index (χ4n) is 5.24. The highest BCUT2D eigenvalue weighted by Gasteiger charge is 2.44. The van der Waals surface area contributed by atoms with Crippen LogP contribution < -0.4 is 4.74 Å². The van der Waals surface area contributed by atoms with Crippen LogP contribution in [0.1, 0.15) is 55.2 Å². The quantitative estimate of drug-likeness (QED) is 0.272. The average Bonchev–Trinajstić information content (AvgIpc) is 3.71. The normalized spacial score (nSPS) is 25.3.